The molecule has 2 aliphatic carbocycles. The normalized spacial score (nSPS) is 28.6. The minimum Gasteiger partial charge on any atom is -0.508 e. The second-order valence-corrected chi connectivity index (χ2v) is 10.4. The molecule has 2 saturated carbocycles. The number of amides is 1. The Hall–Kier alpha value is -2.86. The van der Waals surface area contributed by atoms with E-state index in [1.165, 1.54) is 12.0 Å². The minimum absolute atomic E-state index is 0.0152. The smallest absolute Gasteiger partial charge is 0.228 e. The summed E-state index contributed by atoms with van der Waals surface area (Å²) in [5.41, 5.74) is 2.48. The van der Waals surface area contributed by atoms with Crippen molar-refractivity contribution in [2.24, 2.45) is 17.3 Å². The third-order valence-corrected chi connectivity index (χ3v) is 8.30. The molecule has 1 aliphatic heterocycles. The predicted molar refractivity (Wildman–Crippen MR) is 131 cm³/mol. The number of benzene rings is 2. The molecular formula is C28H34N2O4. The fraction of sp³-hybridized carbons (Fsp3) is 0.500. The molecule has 0 radical (unpaired) electrons. The molecular weight excluding hydrogens is 428 g/mol. The van der Waals surface area contributed by atoms with E-state index in [2.05, 4.69) is 22.3 Å². The Kier molecular flexibility index (Phi) is 6.34. The van der Waals surface area contributed by atoms with Crippen LogP contribution >= 0.6 is 0 Å². The van der Waals surface area contributed by atoms with Crippen LogP contribution in [0, 0.1) is 17.3 Å². The zero-order valence-electron chi connectivity index (χ0n) is 19.8. The van der Waals surface area contributed by atoms with Crippen LogP contribution in [0.15, 0.2) is 48.5 Å². The van der Waals surface area contributed by atoms with E-state index in [0.717, 1.165) is 44.4 Å². The number of rotatable bonds is 7. The Morgan fingerprint density at radius 2 is 1.74 bits per heavy atom. The molecule has 180 valence electrons. The molecule has 1 spiro atoms. The number of carbonyl (C=O) groups is 2. The first-order chi connectivity index (χ1) is 16.5. The van der Waals surface area contributed by atoms with Gasteiger partial charge in [-0.3, -0.25) is 14.5 Å². The summed E-state index contributed by atoms with van der Waals surface area (Å²) in [7, 11) is 1.70. The lowest BCUT2D eigenvalue weighted by Gasteiger charge is -2.30. The first-order valence-corrected chi connectivity index (χ1v) is 12.4. The molecule has 5 rings (SSSR count). The van der Waals surface area contributed by atoms with E-state index in [9.17, 15) is 14.7 Å². The van der Waals surface area contributed by atoms with Gasteiger partial charge in [0.1, 0.15) is 17.3 Å². The maximum absolute atomic E-state index is 13.0. The topological polar surface area (TPSA) is 78.9 Å². The standard InChI is InChI=1S/C28H34N2O4/c1-34-24-8-2-19(3-9-24)25-16-28(25)13-10-20(11-14-28)26(32)18-30-15-12-21(17-30)27(33)29-22-4-6-23(31)7-5-22/h2-9,20-21,25,31H,10-18H2,1H3,(H,29,33). The largest absolute Gasteiger partial charge is 0.508 e. The van der Waals surface area contributed by atoms with E-state index >= 15 is 0 Å². The zero-order valence-corrected chi connectivity index (χ0v) is 19.8. The SMILES string of the molecule is COc1ccc(C2CC23CCC(C(=O)CN2CCC(C(=O)Nc4ccc(O)cc4)C2)CC3)cc1. The monoisotopic (exact) mass is 462 g/mol. The molecule has 6 nitrogen and oxygen atoms in total. The van der Waals surface area contributed by atoms with Gasteiger partial charge in [-0.15, -0.1) is 0 Å². The van der Waals surface area contributed by atoms with Gasteiger partial charge in [-0.05, 0) is 98.4 Å². The first kappa shape index (κ1) is 22.9. The van der Waals surface area contributed by atoms with Crippen molar-refractivity contribution >= 4 is 17.4 Å². The van der Waals surface area contributed by atoms with Gasteiger partial charge < -0.3 is 15.2 Å². The summed E-state index contributed by atoms with van der Waals surface area (Å²) in [6.45, 7) is 1.88. The number of aromatic hydroxyl groups is 1. The highest BCUT2D eigenvalue weighted by Gasteiger charge is 2.55. The van der Waals surface area contributed by atoms with Gasteiger partial charge in [0.25, 0.3) is 0 Å². The summed E-state index contributed by atoms with van der Waals surface area (Å²) in [5.74, 6) is 2.08. The van der Waals surface area contributed by atoms with Crippen molar-refractivity contribution in [1.29, 1.82) is 0 Å². The number of nitrogens with zero attached hydrogens (tertiary/aromatic N) is 1. The van der Waals surface area contributed by atoms with Gasteiger partial charge in [-0.1, -0.05) is 12.1 Å². The number of nitrogens with one attached hydrogen (secondary N) is 1. The average Bonchev–Trinajstić information content (AvgIpc) is 3.33. The van der Waals surface area contributed by atoms with Crippen LogP contribution in [0.25, 0.3) is 0 Å². The number of methoxy groups -OCH3 is 1. The van der Waals surface area contributed by atoms with Crippen LogP contribution in [0.3, 0.4) is 0 Å². The Bertz CT molecular complexity index is 1030. The highest BCUT2D eigenvalue weighted by atomic mass is 16.5. The molecule has 1 heterocycles. The van der Waals surface area contributed by atoms with Gasteiger partial charge in [-0.2, -0.15) is 0 Å². The fourth-order valence-electron chi connectivity index (χ4n) is 6.05. The second kappa shape index (κ2) is 9.41. The van der Waals surface area contributed by atoms with Crippen molar-refractivity contribution in [3.8, 4) is 11.5 Å². The molecule has 3 aliphatic rings. The quantitative estimate of drug-likeness (QED) is 0.588. The number of ketones is 1. The van der Waals surface area contributed by atoms with Crippen LogP contribution in [-0.2, 0) is 9.59 Å². The van der Waals surface area contributed by atoms with Gasteiger partial charge in [-0.25, -0.2) is 0 Å². The molecule has 6 heteroatoms. The summed E-state index contributed by atoms with van der Waals surface area (Å²) in [6.07, 6.45) is 6.27. The number of phenolic OH excluding ortho intramolecular Hbond substituents is 1. The van der Waals surface area contributed by atoms with Crippen molar-refractivity contribution in [1.82, 2.24) is 4.90 Å². The molecule has 0 bridgehead atoms. The summed E-state index contributed by atoms with van der Waals surface area (Å²) in [4.78, 5) is 27.8. The van der Waals surface area contributed by atoms with Crippen LogP contribution in [0.4, 0.5) is 5.69 Å². The number of likely N-dealkylation sites (tertiary alicyclic amines) is 1. The Morgan fingerprint density at radius 1 is 1.03 bits per heavy atom. The van der Waals surface area contributed by atoms with Gasteiger partial charge in [0, 0.05) is 18.2 Å². The number of anilines is 1. The summed E-state index contributed by atoms with van der Waals surface area (Å²) < 4.78 is 5.28. The van der Waals surface area contributed by atoms with E-state index in [-0.39, 0.29) is 23.5 Å². The minimum atomic E-state index is -0.104. The van der Waals surface area contributed by atoms with E-state index in [1.807, 2.05) is 12.1 Å². The van der Waals surface area contributed by atoms with Gasteiger partial charge in [0.2, 0.25) is 5.91 Å². The number of ether oxygens (including phenoxy) is 1. The van der Waals surface area contributed by atoms with Crippen molar-refractivity contribution in [2.45, 2.75) is 44.4 Å². The third kappa shape index (κ3) is 4.83. The molecule has 2 aromatic rings. The van der Waals surface area contributed by atoms with Crippen molar-refractivity contribution in [2.75, 3.05) is 32.1 Å². The maximum Gasteiger partial charge on any atom is 0.228 e. The molecule has 2 atom stereocenters. The fourth-order valence-corrected chi connectivity index (χ4v) is 6.05. The van der Waals surface area contributed by atoms with Gasteiger partial charge >= 0.3 is 0 Å². The number of Topliss-reactive ketones (excluding diaryl/α,β-unsaturated/α-hetero) is 1. The van der Waals surface area contributed by atoms with Crippen LogP contribution in [0.1, 0.15) is 50.0 Å². The van der Waals surface area contributed by atoms with Crippen LogP contribution < -0.4 is 10.1 Å². The van der Waals surface area contributed by atoms with Crippen molar-refractivity contribution < 1.29 is 19.4 Å². The molecule has 1 amide bonds. The molecule has 2 N–H and O–H groups in total. The predicted octanol–water partition coefficient (Wildman–Crippen LogP) is 4.59. The van der Waals surface area contributed by atoms with Crippen LogP contribution in [-0.4, -0.2) is 48.4 Å². The molecule has 1 saturated heterocycles. The number of hydrogen-bond donors (Lipinski definition) is 2. The van der Waals surface area contributed by atoms with Crippen LogP contribution in [0.2, 0.25) is 0 Å². The van der Waals surface area contributed by atoms with Crippen LogP contribution in [0.5, 0.6) is 11.5 Å². The van der Waals surface area contributed by atoms with Gasteiger partial charge in [0.05, 0.1) is 19.6 Å². The number of carbonyl (C=O) groups excluding carboxylic acids is 2. The Labute approximate surface area is 201 Å². The first-order valence-electron chi connectivity index (χ1n) is 12.4. The highest BCUT2D eigenvalue weighted by molar-refractivity contribution is 5.93. The lowest BCUT2D eigenvalue weighted by Crippen LogP contribution is -2.35. The Morgan fingerprint density at radius 3 is 2.41 bits per heavy atom. The van der Waals surface area contributed by atoms with Crippen molar-refractivity contribution in [3.63, 3.8) is 0 Å². The van der Waals surface area contributed by atoms with E-state index in [4.69, 9.17) is 4.74 Å². The highest BCUT2D eigenvalue weighted by Crippen LogP contribution is 2.67. The molecule has 2 aromatic carbocycles. The third-order valence-electron chi connectivity index (χ3n) is 8.30. The molecule has 34 heavy (non-hydrogen) atoms. The summed E-state index contributed by atoms with van der Waals surface area (Å²) >= 11 is 0. The van der Waals surface area contributed by atoms with E-state index in [1.54, 1.807) is 31.4 Å². The van der Waals surface area contributed by atoms with Crippen molar-refractivity contribution in [3.05, 3.63) is 54.1 Å². The molecule has 0 aromatic heterocycles. The lowest BCUT2D eigenvalue weighted by atomic mass is 9.76. The number of phenols is 1. The Balaban J connectivity index is 1.07. The number of hydrogen-bond acceptors (Lipinski definition) is 5. The maximum atomic E-state index is 13.0. The van der Waals surface area contributed by atoms with E-state index < -0.39 is 0 Å². The summed E-state index contributed by atoms with van der Waals surface area (Å²) in [5, 5.41) is 12.3. The lowest BCUT2D eigenvalue weighted by molar-refractivity contribution is -0.125. The molecule has 2 unspecified atom stereocenters. The molecule has 3 fully saturated rings. The van der Waals surface area contributed by atoms with Gasteiger partial charge in [0.15, 0.2) is 0 Å². The zero-order chi connectivity index (χ0) is 23.7. The summed E-state index contributed by atoms with van der Waals surface area (Å²) in [6, 6.07) is 15.0. The average molecular weight is 463 g/mol. The van der Waals surface area contributed by atoms with E-state index in [0.29, 0.717) is 35.9 Å². The second-order valence-electron chi connectivity index (χ2n) is 10.4.